The van der Waals surface area contributed by atoms with Crippen molar-refractivity contribution >= 4 is 56.6 Å². The van der Waals surface area contributed by atoms with Crippen molar-refractivity contribution in [2.45, 2.75) is 6.42 Å². The van der Waals surface area contributed by atoms with Crippen LogP contribution in [0.2, 0.25) is 0 Å². The molecule has 2 aliphatic heterocycles. The van der Waals surface area contributed by atoms with Crippen molar-refractivity contribution in [3.05, 3.63) is 54.3 Å². The molecule has 2 saturated heterocycles. The van der Waals surface area contributed by atoms with E-state index in [0.717, 1.165) is 18.8 Å². The van der Waals surface area contributed by atoms with Crippen LogP contribution >= 0.6 is 23.7 Å². The summed E-state index contributed by atoms with van der Waals surface area (Å²) in [4.78, 5) is 36.4. The summed E-state index contributed by atoms with van der Waals surface area (Å²) in [6, 6.07) is 14.2. The number of morpholine rings is 1. The summed E-state index contributed by atoms with van der Waals surface area (Å²) in [5.41, 5.74) is 1.06. The standard InChI is InChI=1S/C24H25FN4O3S.ClH/c25-19-7-4-8-20-22(19)26-24(33-20)28(10-9-27-11-13-32-14-12-27)23(31)17-15-21(30)29(16-17)18-5-2-1-3-6-18;/h1-8,17H,9-16H2;1H. The Kier molecular flexibility index (Phi) is 7.77. The maximum Gasteiger partial charge on any atom is 0.234 e. The summed E-state index contributed by atoms with van der Waals surface area (Å²) >= 11 is 1.30. The van der Waals surface area contributed by atoms with E-state index in [-0.39, 0.29) is 36.2 Å². The summed E-state index contributed by atoms with van der Waals surface area (Å²) in [6.45, 7) is 4.37. The van der Waals surface area contributed by atoms with Crippen LogP contribution < -0.4 is 9.80 Å². The lowest BCUT2D eigenvalue weighted by Crippen LogP contribution is -2.45. The molecule has 0 aliphatic carbocycles. The number of rotatable bonds is 6. The third-order valence-corrected chi connectivity index (χ3v) is 7.18. The summed E-state index contributed by atoms with van der Waals surface area (Å²) in [5, 5.41) is 0.471. The monoisotopic (exact) mass is 504 g/mol. The normalized spacial score (nSPS) is 18.8. The van der Waals surface area contributed by atoms with Crippen molar-refractivity contribution in [1.29, 1.82) is 0 Å². The highest BCUT2D eigenvalue weighted by molar-refractivity contribution is 7.22. The predicted molar refractivity (Wildman–Crippen MR) is 133 cm³/mol. The first-order valence-corrected chi connectivity index (χ1v) is 11.9. The Bertz CT molecular complexity index is 1160. The van der Waals surface area contributed by atoms with E-state index in [1.807, 2.05) is 30.3 Å². The molecule has 0 N–H and O–H groups in total. The van der Waals surface area contributed by atoms with E-state index in [4.69, 9.17) is 4.74 Å². The Morgan fingerprint density at radius 1 is 1.15 bits per heavy atom. The second-order valence-electron chi connectivity index (χ2n) is 8.27. The molecule has 1 atom stereocenters. The van der Waals surface area contributed by atoms with Gasteiger partial charge >= 0.3 is 0 Å². The molecule has 3 heterocycles. The van der Waals surface area contributed by atoms with Gasteiger partial charge in [0.1, 0.15) is 11.3 Å². The number of hydrogen-bond donors (Lipinski definition) is 0. The molecule has 2 aliphatic rings. The fraction of sp³-hybridized carbons (Fsp3) is 0.375. The van der Waals surface area contributed by atoms with Gasteiger partial charge in [-0.05, 0) is 24.3 Å². The van der Waals surface area contributed by atoms with Gasteiger partial charge in [-0.15, -0.1) is 12.4 Å². The number of para-hydroxylation sites is 2. The molecule has 0 spiro atoms. The molecule has 10 heteroatoms. The van der Waals surface area contributed by atoms with Gasteiger partial charge in [-0.2, -0.15) is 0 Å². The van der Waals surface area contributed by atoms with Gasteiger partial charge in [0, 0.05) is 44.8 Å². The fourth-order valence-electron chi connectivity index (χ4n) is 4.34. The molecule has 1 unspecified atom stereocenters. The predicted octanol–water partition coefficient (Wildman–Crippen LogP) is 3.58. The molecular weight excluding hydrogens is 479 g/mol. The van der Waals surface area contributed by atoms with E-state index in [1.54, 1.807) is 21.9 Å². The maximum atomic E-state index is 14.3. The van der Waals surface area contributed by atoms with Crippen LogP contribution in [0.3, 0.4) is 0 Å². The molecule has 7 nitrogen and oxygen atoms in total. The van der Waals surface area contributed by atoms with Crippen molar-refractivity contribution in [3.8, 4) is 0 Å². The Labute approximate surface area is 207 Å². The lowest BCUT2D eigenvalue weighted by Gasteiger charge is -2.30. The van der Waals surface area contributed by atoms with Gasteiger partial charge in [-0.1, -0.05) is 35.6 Å². The topological polar surface area (TPSA) is 66.0 Å². The van der Waals surface area contributed by atoms with Gasteiger partial charge in [0.25, 0.3) is 0 Å². The Balaban J connectivity index is 0.00000274. The summed E-state index contributed by atoms with van der Waals surface area (Å²) < 4.78 is 20.4. The van der Waals surface area contributed by atoms with E-state index < -0.39 is 11.7 Å². The third kappa shape index (κ3) is 5.07. The first-order chi connectivity index (χ1) is 16.1. The molecule has 34 heavy (non-hydrogen) atoms. The second kappa shape index (κ2) is 10.8. The van der Waals surface area contributed by atoms with E-state index in [2.05, 4.69) is 9.88 Å². The number of carbonyl (C=O) groups is 2. The molecule has 2 aromatic carbocycles. The summed E-state index contributed by atoms with van der Waals surface area (Å²) in [5.74, 6) is -1.08. The number of amides is 2. The molecule has 0 radical (unpaired) electrons. The van der Waals surface area contributed by atoms with Crippen LogP contribution in [-0.2, 0) is 14.3 Å². The first kappa shape index (κ1) is 24.5. The van der Waals surface area contributed by atoms with Gasteiger partial charge in [0.05, 0.1) is 23.8 Å². The molecule has 3 aromatic rings. The number of thiazole rings is 1. The number of hydrogen-bond acceptors (Lipinski definition) is 6. The number of carbonyl (C=O) groups excluding carboxylic acids is 2. The number of anilines is 2. The smallest absolute Gasteiger partial charge is 0.234 e. The van der Waals surface area contributed by atoms with Crippen molar-refractivity contribution in [2.24, 2.45) is 5.92 Å². The number of benzene rings is 2. The van der Waals surface area contributed by atoms with Gasteiger partial charge < -0.3 is 9.64 Å². The van der Waals surface area contributed by atoms with Crippen LogP contribution in [0.25, 0.3) is 10.2 Å². The minimum atomic E-state index is -0.473. The lowest BCUT2D eigenvalue weighted by molar-refractivity contribution is -0.124. The first-order valence-electron chi connectivity index (χ1n) is 11.1. The highest BCUT2D eigenvalue weighted by Gasteiger charge is 2.38. The summed E-state index contributed by atoms with van der Waals surface area (Å²) in [6.07, 6.45) is 0.154. The number of halogens is 2. The average molecular weight is 505 g/mol. The molecule has 0 saturated carbocycles. The molecule has 2 fully saturated rings. The van der Waals surface area contributed by atoms with Crippen molar-refractivity contribution in [2.75, 3.05) is 55.7 Å². The highest BCUT2D eigenvalue weighted by atomic mass is 35.5. The minimum Gasteiger partial charge on any atom is -0.379 e. The van der Waals surface area contributed by atoms with Gasteiger partial charge in [-0.3, -0.25) is 19.4 Å². The van der Waals surface area contributed by atoms with Crippen LogP contribution in [0, 0.1) is 11.7 Å². The Hall–Kier alpha value is -2.59. The van der Waals surface area contributed by atoms with Crippen LogP contribution in [-0.4, -0.2) is 67.6 Å². The quantitative estimate of drug-likeness (QED) is 0.513. The van der Waals surface area contributed by atoms with Crippen LogP contribution in [0.15, 0.2) is 48.5 Å². The van der Waals surface area contributed by atoms with Crippen LogP contribution in [0.1, 0.15) is 6.42 Å². The van der Waals surface area contributed by atoms with Gasteiger partial charge in [0.2, 0.25) is 11.8 Å². The van der Waals surface area contributed by atoms with Gasteiger partial charge in [0.15, 0.2) is 5.13 Å². The molecule has 2 amide bonds. The van der Waals surface area contributed by atoms with Crippen molar-refractivity contribution in [1.82, 2.24) is 9.88 Å². The number of nitrogens with zero attached hydrogens (tertiary/aromatic N) is 4. The van der Waals surface area contributed by atoms with Crippen molar-refractivity contribution in [3.63, 3.8) is 0 Å². The Morgan fingerprint density at radius 2 is 1.91 bits per heavy atom. The van der Waals surface area contributed by atoms with Crippen LogP contribution in [0.4, 0.5) is 15.2 Å². The lowest BCUT2D eigenvalue weighted by atomic mass is 10.1. The Morgan fingerprint density at radius 3 is 2.65 bits per heavy atom. The third-order valence-electron chi connectivity index (χ3n) is 6.14. The summed E-state index contributed by atoms with van der Waals surface area (Å²) in [7, 11) is 0. The highest BCUT2D eigenvalue weighted by Crippen LogP contribution is 2.33. The number of fused-ring (bicyclic) bond motifs is 1. The van der Waals surface area contributed by atoms with E-state index in [0.29, 0.717) is 42.7 Å². The zero-order valence-electron chi connectivity index (χ0n) is 18.6. The minimum absolute atomic E-state index is 0. The van der Waals surface area contributed by atoms with E-state index in [9.17, 15) is 14.0 Å². The molecule has 5 rings (SSSR count). The molecule has 1 aromatic heterocycles. The largest absolute Gasteiger partial charge is 0.379 e. The van der Waals surface area contributed by atoms with Crippen molar-refractivity contribution < 1.29 is 18.7 Å². The zero-order valence-corrected chi connectivity index (χ0v) is 20.2. The van der Waals surface area contributed by atoms with Gasteiger partial charge in [-0.25, -0.2) is 9.37 Å². The van der Waals surface area contributed by atoms with E-state index >= 15 is 0 Å². The zero-order chi connectivity index (χ0) is 22.8. The fourth-order valence-corrected chi connectivity index (χ4v) is 5.35. The SMILES string of the molecule is Cl.O=C1CC(C(=O)N(CCN2CCOCC2)c2nc3c(F)cccc3s2)CN1c1ccccc1. The maximum absolute atomic E-state index is 14.3. The molecule has 0 bridgehead atoms. The molecular formula is C24H26ClFN4O3S. The van der Waals surface area contributed by atoms with Crippen LogP contribution in [0.5, 0.6) is 0 Å². The van der Waals surface area contributed by atoms with E-state index in [1.165, 1.54) is 17.4 Å². The number of ether oxygens (including phenoxy) is 1. The second-order valence-corrected chi connectivity index (χ2v) is 9.28. The number of aromatic nitrogens is 1. The average Bonchev–Trinajstić information content (AvgIpc) is 3.45. The molecule has 180 valence electrons.